The van der Waals surface area contributed by atoms with Crippen molar-refractivity contribution >= 4 is 17.6 Å². The predicted octanol–water partition coefficient (Wildman–Crippen LogP) is 5.11. The van der Waals surface area contributed by atoms with Crippen molar-refractivity contribution in [2.24, 2.45) is 0 Å². The number of hydroxylamine groups is 2. The van der Waals surface area contributed by atoms with Gasteiger partial charge in [-0.3, -0.25) is 0 Å². The van der Waals surface area contributed by atoms with Crippen molar-refractivity contribution in [1.82, 2.24) is 10.0 Å². The molecule has 0 radical (unpaired) electrons. The van der Waals surface area contributed by atoms with Crippen LogP contribution in [0.5, 0.6) is 17.4 Å². The smallest absolute Gasteiger partial charge is 0.417 e. The highest BCUT2D eigenvalue weighted by molar-refractivity contribution is 6.31. The quantitative estimate of drug-likeness (QED) is 0.540. The molecule has 2 rings (SSSR count). The minimum absolute atomic E-state index is 0.162. The molecule has 0 aliphatic heterocycles. The van der Waals surface area contributed by atoms with Gasteiger partial charge in [0.15, 0.2) is 6.10 Å². The van der Waals surface area contributed by atoms with E-state index in [-0.39, 0.29) is 16.7 Å². The van der Waals surface area contributed by atoms with E-state index in [9.17, 15) is 18.0 Å². The predicted molar refractivity (Wildman–Crippen MR) is 99.9 cm³/mol. The summed E-state index contributed by atoms with van der Waals surface area (Å²) in [6, 6.07) is 6.83. The van der Waals surface area contributed by atoms with E-state index in [1.54, 1.807) is 6.92 Å². The highest BCUT2D eigenvalue weighted by atomic mass is 35.5. The van der Waals surface area contributed by atoms with Crippen LogP contribution >= 0.6 is 11.6 Å². The largest absolute Gasteiger partial charge is 0.479 e. The van der Waals surface area contributed by atoms with E-state index >= 15 is 0 Å². The minimum Gasteiger partial charge on any atom is -0.479 e. The molecule has 2 aromatic rings. The van der Waals surface area contributed by atoms with Crippen LogP contribution in [0.3, 0.4) is 0 Å². The first kappa shape index (κ1) is 22.8. The van der Waals surface area contributed by atoms with Crippen LogP contribution in [0.2, 0.25) is 5.02 Å². The Morgan fingerprint density at radius 2 is 1.76 bits per heavy atom. The van der Waals surface area contributed by atoms with E-state index in [0.29, 0.717) is 25.0 Å². The molecule has 0 aliphatic rings. The van der Waals surface area contributed by atoms with Gasteiger partial charge >= 0.3 is 12.1 Å². The summed E-state index contributed by atoms with van der Waals surface area (Å²) in [5.41, 5.74) is -0.968. The van der Waals surface area contributed by atoms with E-state index in [1.165, 1.54) is 29.3 Å². The van der Waals surface area contributed by atoms with Crippen molar-refractivity contribution in [3.8, 4) is 17.4 Å². The molecule has 6 nitrogen and oxygen atoms in total. The van der Waals surface area contributed by atoms with E-state index in [4.69, 9.17) is 25.9 Å². The summed E-state index contributed by atoms with van der Waals surface area (Å²) in [5, 5.41) is 1.23. The van der Waals surface area contributed by atoms with Gasteiger partial charge in [-0.05, 0) is 51.1 Å². The van der Waals surface area contributed by atoms with Gasteiger partial charge in [-0.2, -0.15) is 13.2 Å². The van der Waals surface area contributed by atoms with Crippen molar-refractivity contribution < 1.29 is 32.3 Å². The summed E-state index contributed by atoms with van der Waals surface area (Å²) in [5.74, 6) is -0.0306. The molecule has 1 heterocycles. The molecule has 0 spiro atoms. The van der Waals surface area contributed by atoms with Crippen LogP contribution < -0.4 is 9.47 Å². The Labute approximate surface area is 171 Å². The lowest BCUT2D eigenvalue weighted by atomic mass is 10.3. The molecule has 0 amide bonds. The molecule has 0 saturated carbocycles. The zero-order valence-corrected chi connectivity index (χ0v) is 16.8. The van der Waals surface area contributed by atoms with Crippen molar-refractivity contribution in [3.05, 3.63) is 47.1 Å². The summed E-state index contributed by atoms with van der Waals surface area (Å²) >= 11 is 5.82. The maximum absolute atomic E-state index is 12.7. The molecule has 1 aromatic heterocycles. The standard InChI is InChI=1S/C19H20ClF3N2O4/c1-4-25(5-2)29-18(26)12(3)27-14-6-8-15(9-7-14)28-17-16(20)10-13(11-24-17)19(21,22)23/h6-12H,4-5H2,1-3H3. The molecule has 29 heavy (non-hydrogen) atoms. The van der Waals surface area contributed by atoms with Crippen LogP contribution in [-0.4, -0.2) is 35.2 Å². The van der Waals surface area contributed by atoms with Crippen LogP contribution in [-0.2, 0) is 15.8 Å². The normalized spacial score (nSPS) is 12.6. The second-order valence-electron chi connectivity index (χ2n) is 5.87. The molecule has 1 atom stereocenters. The Bertz CT molecular complexity index is 827. The fourth-order valence-electron chi connectivity index (χ4n) is 2.16. The number of carbonyl (C=O) groups excluding carboxylic acids is 1. The number of rotatable bonds is 8. The van der Waals surface area contributed by atoms with Crippen molar-refractivity contribution in [1.29, 1.82) is 0 Å². The van der Waals surface area contributed by atoms with Gasteiger partial charge in [0.05, 0.1) is 5.56 Å². The van der Waals surface area contributed by atoms with Gasteiger partial charge in [-0.15, -0.1) is 5.06 Å². The molecule has 0 aliphatic carbocycles. The van der Waals surface area contributed by atoms with Crippen molar-refractivity contribution in [3.63, 3.8) is 0 Å². The second kappa shape index (κ2) is 9.80. The number of aromatic nitrogens is 1. The van der Waals surface area contributed by atoms with Crippen LogP contribution in [0.25, 0.3) is 0 Å². The van der Waals surface area contributed by atoms with Crippen LogP contribution in [0, 0.1) is 0 Å². The average molecular weight is 433 g/mol. The number of pyridine rings is 1. The first-order valence-electron chi connectivity index (χ1n) is 8.78. The summed E-state index contributed by atoms with van der Waals surface area (Å²) in [6.45, 7) is 6.39. The second-order valence-corrected chi connectivity index (χ2v) is 6.27. The SMILES string of the molecule is CCN(CC)OC(=O)C(C)Oc1ccc(Oc2ncc(C(F)(F)F)cc2Cl)cc1. The summed E-state index contributed by atoms with van der Waals surface area (Å²) in [6.07, 6.45) is -4.74. The third-order valence-corrected chi connectivity index (χ3v) is 4.01. The Hall–Kier alpha value is -2.52. The van der Waals surface area contributed by atoms with E-state index in [1.807, 2.05) is 13.8 Å². The van der Waals surface area contributed by atoms with E-state index in [0.717, 1.165) is 6.07 Å². The molecular formula is C19H20ClF3N2O4. The number of ether oxygens (including phenoxy) is 2. The first-order valence-corrected chi connectivity index (χ1v) is 9.15. The van der Waals surface area contributed by atoms with Gasteiger partial charge in [0.25, 0.3) is 0 Å². The average Bonchev–Trinajstić information content (AvgIpc) is 2.68. The Balaban J connectivity index is 1.99. The highest BCUT2D eigenvalue weighted by Crippen LogP contribution is 2.34. The fraction of sp³-hybridized carbons (Fsp3) is 0.368. The summed E-state index contributed by atoms with van der Waals surface area (Å²) < 4.78 is 48.9. The van der Waals surface area contributed by atoms with Crippen LogP contribution in [0.4, 0.5) is 13.2 Å². The maximum Gasteiger partial charge on any atom is 0.417 e. The van der Waals surface area contributed by atoms with Gasteiger partial charge < -0.3 is 14.3 Å². The molecule has 158 valence electrons. The molecule has 1 unspecified atom stereocenters. The third kappa shape index (κ3) is 6.50. The lowest BCUT2D eigenvalue weighted by Gasteiger charge is -2.20. The van der Waals surface area contributed by atoms with Crippen molar-refractivity contribution in [2.45, 2.75) is 33.1 Å². The van der Waals surface area contributed by atoms with Gasteiger partial charge in [0.1, 0.15) is 16.5 Å². The molecule has 0 N–H and O–H groups in total. The van der Waals surface area contributed by atoms with Gasteiger partial charge in [0, 0.05) is 19.3 Å². The van der Waals surface area contributed by atoms with E-state index in [2.05, 4.69) is 4.98 Å². The fourth-order valence-corrected chi connectivity index (χ4v) is 2.36. The minimum atomic E-state index is -4.54. The summed E-state index contributed by atoms with van der Waals surface area (Å²) in [4.78, 5) is 20.8. The van der Waals surface area contributed by atoms with Gasteiger partial charge in [-0.1, -0.05) is 11.6 Å². The Kier molecular flexibility index (Phi) is 7.69. The number of hydrogen-bond donors (Lipinski definition) is 0. The number of halogens is 4. The number of nitrogens with zero attached hydrogens (tertiary/aromatic N) is 2. The first-order chi connectivity index (χ1) is 13.6. The third-order valence-electron chi connectivity index (χ3n) is 3.74. The maximum atomic E-state index is 12.7. The van der Waals surface area contributed by atoms with Crippen molar-refractivity contribution in [2.75, 3.05) is 13.1 Å². The number of hydrogen-bond acceptors (Lipinski definition) is 6. The van der Waals surface area contributed by atoms with Crippen LogP contribution in [0.1, 0.15) is 26.3 Å². The molecular weight excluding hydrogens is 413 g/mol. The lowest BCUT2D eigenvalue weighted by molar-refractivity contribution is -0.196. The highest BCUT2D eigenvalue weighted by Gasteiger charge is 2.31. The van der Waals surface area contributed by atoms with Crippen LogP contribution in [0.15, 0.2) is 36.5 Å². The number of benzene rings is 1. The number of carbonyl (C=O) groups is 1. The van der Waals surface area contributed by atoms with E-state index < -0.39 is 23.8 Å². The topological polar surface area (TPSA) is 60.9 Å². The Morgan fingerprint density at radius 1 is 1.17 bits per heavy atom. The van der Waals surface area contributed by atoms with Gasteiger partial charge in [0.2, 0.25) is 5.88 Å². The molecule has 0 saturated heterocycles. The monoisotopic (exact) mass is 432 g/mol. The zero-order valence-electron chi connectivity index (χ0n) is 16.0. The zero-order chi connectivity index (χ0) is 21.6. The molecule has 10 heteroatoms. The van der Waals surface area contributed by atoms with Gasteiger partial charge in [-0.25, -0.2) is 9.78 Å². The number of alkyl halides is 3. The Morgan fingerprint density at radius 3 is 2.28 bits per heavy atom. The molecule has 1 aromatic carbocycles. The summed E-state index contributed by atoms with van der Waals surface area (Å²) in [7, 11) is 0. The molecule has 0 fully saturated rings. The lowest BCUT2D eigenvalue weighted by Crippen LogP contribution is -2.34. The molecule has 0 bridgehead atoms.